The quantitative estimate of drug-likeness (QED) is 0.788. The molecule has 1 aliphatic carbocycles. The van der Waals surface area contributed by atoms with Crippen molar-refractivity contribution in [3.8, 4) is 5.75 Å². The SMILES string of the molecule is Cc1ccc([C@]23C[C@H]2CN(C(=O)/C=C/c2ccc(OCC(N)=O)cc2)C3)cc1. The molecule has 28 heavy (non-hydrogen) atoms. The van der Waals surface area contributed by atoms with Gasteiger partial charge in [0.1, 0.15) is 5.75 Å². The number of benzene rings is 2. The fourth-order valence-electron chi connectivity index (χ4n) is 4.09. The molecular formula is C23H24N2O3. The van der Waals surface area contributed by atoms with Gasteiger partial charge in [0, 0.05) is 24.6 Å². The third kappa shape index (κ3) is 3.65. The van der Waals surface area contributed by atoms with Gasteiger partial charge in [-0.1, -0.05) is 42.0 Å². The minimum Gasteiger partial charge on any atom is -0.484 e. The van der Waals surface area contributed by atoms with Crippen LogP contribution in [0.1, 0.15) is 23.1 Å². The van der Waals surface area contributed by atoms with Gasteiger partial charge in [0.25, 0.3) is 5.91 Å². The molecule has 1 saturated heterocycles. The molecule has 0 radical (unpaired) electrons. The Morgan fingerprint density at radius 3 is 2.57 bits per heavy atom. The summed E-state index contributed by atoms with van der Waals surface area (Å²) in [7, 11) is 0. The number of amides is 2. The topological polar surface area (TPSA) is 72.6 Å². The highest BCUT2D eigenvalue weighted by Crippen LogP contribution is 2.59. The maximum atomic E-state index is 12.6. The summed E-state index contributed by atoms with van der Waals surface area (Å²) in [6.07, 6.45) is 4.62. The molecule has 2 amide bonds. The maximum Gasteiger partial charge on any atom is 0.255 e. The van der Waals surface area contributed by atoms with Crippen LogP contribution in [-0.4, -0.2) is 36.4 Å². The second kappa shape index (κ2) is 7.15. The first-order valence-electron chi connectivity index (χ1n) is 9.52. The molecule has 144 valence electrons. The van der Waals surface area contributed by atoms with Crippen LogP contribution >= 0.6 is 0 Å². The molecule has 2 fully saturated rings. The molecule has 0 spiro atoms. The largest absolute Gasteiger partial charge is 0.484 e. The molecule has 1 saturated carbocycles. The summed E-state index contributed by atoms with van der Waals surface area (Å²) in [5.74, 6) is 0.686. The van der Waals surface area contributed by atoms with Crippen molar-refractivity contribution in [2.45, 2.75) is 18.8 Å². The molecule has 0 unspecified atom stereocenters. The van der Waals surface area contributed by atoms with Crippen molar-refractivity contribution in [1.82, 2.24) is 4.90 Å². The first kappa shape index (κ1) is 18.3. The summed E-state index contributed by atoms with van der Waals surface area (Å²) in [6, 6.07) is 15.9. The minimum atomic E-state index is -0.512. The van der Waals surface area contributed by atoms with E-state index in [1.807, 2.05) is 23.1 Å². The Kier molecular flexibility index (Phi) is 4.67. The Balaban J connectivity index is 1.36. The van der Waals surface area contributed by atoms with Gasteiger partial charge in [-0.25, -0.2) is 0 Å². The van der Waals surface area contributed by atoms with Gasteiger partial charge in [-0.15, -0.1) is 0 Å². The van der Waals surface area contributed by atoms with E-state index in [0.29, 0.717) is 11.7 Å². The maximum absolute atomic E-state index is 12.6. The van der Waals surface area contributed by atoms with Crippen LogP contribution in [0, 0.1) is 12.8 Å². The zero-order valence-corrected chi connectivity index (χ0v) is 15.9. The Labute approximate surface area is 164 Å². The Bertz CT molecular complexity index is 918. The van der Waals surface area contributed by atoms with Crippen LogP contribution < -0.4 is 10.5 Å². The van der Waals surface area contributed by atoms with Gasteiger partial charge in [0.2, 0.25) is 5.91 Å². The van der Waals surface area contributed by atoms with Crippen molar-refractivity contribution < 1.29 is 14.3 Å². The van der Waals surface area contributed by atoms with Crippen molar-refractivity contribution in [3.05, 3.63) is 71.3 Å². The molecule has 5 nitrogen and oxygen atoms in total. The molecule has 2 aromatic carbocycles. The van der Waals surface area contributed by atoms with E-state index >= 15 is 0 Å². The lowest BCUT2D eigenvalue weighted by molar-refractivity contribution is -0.125. The van der Waals surface area contributed by atoms with Gasteiger partial charge in [-0.3, -0.25) is 9.59 Å². The standard InChI is InChI=1S/C23H24N2O3/c1-16-2-7-18(8-3-16)23-12-19(23)13-25(15-23)22(27)11-6-17-4-9-20(10-5-17)28-14-21(24)26/h2-11,19H,12-15H2,1H3,(H2,24,26)/b11-6+/t19-,23+/m0/s1. The summed E-state index contributed by atoms with van der Waals surface area (Å²) in [5.41, 5.74) is 8.74. The first-order chi connectivity index (χ1) is 13.5. The first-order valence-corrected chi connectivity index (χ1v) is 9.52. The van der Waals surface area contributed by atoms with E-state index in [1.165, 1.54) is 17.5 Å². The predicted octanol–water partition coefficient (Wildman–Crippen LogP) is 2.67. The lowest BCUT2D eigenvalue weighted by atomic mass is 9.94. The number of piperidine rings is 1. The average molecular weight is 376 g/mol. The third-order valence-corrected chi connectivity index (χ3v) is 5.76. The van der Waals surface area contributed by atoms with Crippen LogP contribution in [0.25, 0.3) is 6.08 Å². The monoisotopic (exact) mass is 376 g/mol. The Morgan fingerprint density at radius 2 is 1.89 bits per heavy atom. The number of fused-ring (bicyclic) bond motifs is 1. The smallest absolute Gasteiger partial charge is 0.255 e. The van der Waals surface area contributed by atoms with Gasteiger partial charge in [-0.2, -0.15) is 0 Å². The van der Waals surface area contributed by atoms with Crippen molar-refractivity contribution in [2.75, 3.05) is 19.7 Å². The normalized spacial score (nSPS) is 22.9. The van der Waals surface area contributed by atoms with Crippen LogP contribution in [-0.2, 0) is 15.0 Å². The summed E-state index contributed by atoms with van der Waals surface area (Å²) in [4.78, 5) is 25.3. The number of nitrogens with zero attached hydrogens (tertiary/aromatic N) is 1. The van der Waals surface area contributed by atoms with Crippen LogP contribution in [0.3, 0.4) is 0 Å². The highest BCUT2D eigenvalue weighted by molar-refractivity contribution is 5.92. The number of hydrogen-bond acceptors (Lipinski definition) is 3. The van der Waals surface area contributed by atoms with Gasteiger partial charge in [-0.05, 0) is 48.6 Å². The summed E-state index contributed by atoms with van der Waals surface area (Å²) in [5, 5.41) is 0. The predicted molar refractivity (Wildman–Crippen MR) is 108 cm³/mol. The molecule has 0 bridgehead atoms. The summed E-state index contributed by atoms with van der Waals surface area (Å²) in [6.45, 7) is 3.57. The lowest BCUT2D eigenvalue weighted by Crippen LogP contribution is -2.31. The van der Waals surface area contributed by atoms with E-state index in [2.05, 4.69) is 31.2 Å². The molecule has 4 rings (SSSR count). The second-order valence-electron chi connectivity index (χ2n) is 7.80. The van der Waals surface area contributed by atoms with Crippen LogP contribution in [0.5, 0.6) is 5.75 Å². The zero-order valence-electron chi connectivity index (χ0n) is 15.9. The number of carbonyl (C=O) groups is 2. The number of hydrogen-bond donors (Lipinski definition) is 1. The van der Waals surface area contributed by atoms with E-state index in [9.17, 15) is 9.59 Å². The molecule has 0 aromatic heterocycles. The molecule has 5 heteroatoms. The molecule has 2 atom stereocenters. The number of ether oxygens (including phenoxy) is 1. The van der Waals surface area contributed by atoms with Crippen molar-refractivity contribution in [1.29, 1.82) is 0 Å². The van der Waals surface area contributed by atoms with Gasteiger partial charge >= 0.3 is 0 Å². The van der Waals surface area contributed by atoms with E-state index in [0.717, 1.165) is 18.7 Å². The summed E-state index contributed by atoms with van der Waals surface area (Å²) < 4.78 is 5.23. The van der Waals surface area contributed by atoms with E-state index in [1.54, 1.807) is 18.2 Å². The van der Waals surface area contributed by atoms with Crippen molar-refractivity contribution in [3.63, 3.8) is 0 Å². The fourth-order valence-corrected chi connectivity index (χ4v) is 4.09. The van der Waals surface area contributed by atoms with E-state index < -0.39 is 5.91 Å². The Morgan fingerprint density at radius 1 is 1.18 bits per heavy atom. The molecule has 1 aliphatic heterocycles. The van der Waals surface area contributed by atoms with Gasteiger partial charge in [0.15, 0.2) is 6.61 Å². The molecule has 2 N–H and O–H groups in total. The molecule has 1 heterocycles. The molecule has 2 aromatic rings. The number of rotatable bonds is 6. The van der Waals surface area contributed by atoms with Gasteiger partial charge in [0.05, 0.1) is 0 Å². The van der Waals surface area contributed by atoms with E-state index in [-0.39, 0.29) is 17.9 Å². The number of primary amides is 1. The second-order valence-corrected chi connectivity index (χ2v) is 7.80. The molecular weight excluding hydrogens is 352 g/mol. The number of carbonyl (C=O) groups excluding carboxylic acids is 2. The minimum absolute atomic E-state index is 0.0488. The van der Waals surface area contributed by atoms with E-state index in [4.69, 9.17) is 10.5 Å². The van der Waals surface area contributed by atoms with Crippen LogP contribution in [0.2, 0.25) is 0 Å². The highest BCUT2D eigenvalue weighted by atomic mass is 16.5. The van der Waals surface area contributed by atoms with Gasteiger partial charge < -0.3 is 15.4 Å². The number of aryl methyl sites for hydroxylation is 1. The summed E-state index contributed by atoms with van der Waals surface area (Å²) >= 11 is 0. The van der Waals surface area contributed by atoms with Crippen LogP contribution in [0.4, 0.5) is 0 Å². The third-order valence-electron chi connectivity index (χ3n) is 5.76. The molecule has 2 aliphatic rings. The lowest BCUT2D eigenvalue weighted by Gasteiger charge is -2.20. The van der Waals surface area contributed by atoms with Crippen molar-refractivity contribution >= 4 is 17.9 Å². The number of nitrogens with two attached hydrogens (primary N) is 1. The Hall–Kier alpha value is -3.08. The fraction of sp³-hybridized carbons (Fsp3) is 0.304. The number of likely N-dealkylation sites (tertiary alicyclic amines) is 1. The van der Waals surface area contributed by atoms with Crippen LogP contribution in [0.15, 0.2) is 54.6 Å². The highest BCUT2D eigenvalue weighted by Gasteiger charge is 2.61. The zero-order chi connectivity index (χ0) is 19.7. The average Bonchev–Trinajstić information content (AvgIpc) is 3.26. The van der Waals surface area contributed by atoms with Crippen molar-refractivity contribution in [2.24, 2.45) is 11.7 Å².